The number of halogens is 2. The lowest BCUT2D eigenvalue weighted by molar-refractivity contribution is -0.128. The van der Waals surface area contributed by atoms with Crippen molar-refractivity contribution in [2.24, 2.45) is 5.92 Å². The molecule has 3 N–H and O–H groups in total. The largest absolute Gasteiger partial charge is 0.390 e. The number of nitrogens with zero attached hydrogens (tertiary/aromatic N) is 6. The summed E-state index contributed by atoms with van der Waals surface area (Å²) in [5.41, 5.74) is 1.54. The van der Waals surface area contributed by atoms with E-state index in [1.165, 1.54) is 22.5 Å². The van der Waals surface area contributed by atoms with E-state index in [0.29, 0.717) is 28.7 Å². The van der Waals surface area contributed by atoms with Crippen molar-refractivity contribution in [3.05, 3.63) is 35.4 Å². The smallest absolute Gasteiger partial charge is 0.225 e. The fourth-order valence-corrected chi connectivity index (χ4v) is 5.90. The molecular weight excluding hydrogens is 516 g/mol. The van der Waals surface area contributed by atoms with E-state index in [4.69, 9.17) is 4.98 Å². The zero-order valence-corrected chi connectivity index (χ0v) is 22.2. The third-order valence-electron chi connectivity index (χ3n) is 7.33. The molecule has 6 atom stereocenters. The van der Waals surface area contributed by atoms with E-state index in [9.17, 15) is 23.8 Å². The Morgan fingerprint density at radius 3 is 2.68 bits per heavy atom. The summed E-state index contributed by atoms with van der Waals surface area (Å²) in [4.78, 5) is 23.9. The summed E-state index contributed by atoms with van der Waals surface area (Å²) < 4.78 is 28.8. The molecule has 0 saturated heterocycles. The normalized spacial score (nSPS) is 26.6. The maximum atomic E-state index is 13.8. The van der Waals surface area contributed by atoms with Crippen LogP contribution in [0.25, 0.3) is 11.2 Å². The second-order valence-electron chi connectivity index (χ2n) is 9.86. The lowest BCUT2D eigenvalue weighted by Crippen LogP contribution is -2.38. The van der Waals surface area contributed by atoms with Gasteiger partial charge < -0.3 is 20.4 Å². The van der Waals surface area contributed by atoms with Crippen LogP contribution in [0.2, 0.25) is 0 Å². The summed E-state index contributed by atoms with van der Waals surface area (Å²) in [6, 6.07) is 3.27. The highest BCUT2D eigenvalue weighted by atomic mass is 32.2. The van der Waals surface area contributed by atoms with E-state index >= 15 is 0 Å². The van der Waals surface area contributed by atoms with Gasteiger partial charge in [0, 0.05) is 31.3 Å². The molecule has 3 aromatic rings. The average molecular weight is 548 g/mol. The van der Waals surface area contributed by atoms with Crippen LogP contribution in [0, 0.1) is 17.6 Å². The zero-order chi connectivity index (χ0) is 27.1. The molecule has 2 aliphatic rings. The molecule has 38 heavy (non-hydrogen) atoms. The maximum Gasteiger partial charge on any atom is 0.225 e. The number of aromatic nitrogens is 5. The molecule has 10 nitrogen and oxygen atoms in total. The first-order valence-corrected chi connectivity index (χ1v) is 13.8. The molecule has 2 aromatic heterocycles. The highest BCUT2D eigenvalue weighted by Gasteiger charge is 2.47. The molecule has 13 heteroatoms. The Hall–Kier alpha value is -2.90. The van der Waals surface area contributed by atoms with Gasteiger partial charge in [0.25, 0.3) is 0 Å². The van der Waals surface area contributed by atoms with E-state index in [1.54, 1.807) is 13.0 Å². The fraction of sp³-hybridized carbons (Fsp3) is 0.560. The van der Waals surface area contributed by atoms with Gasteiger partial charge in [-0.3, -0.25) is 4.79 Å². The van der Waals surface area contributed by atoms with Crippen LogP contribution in [0.5, 0.6) is 0 Å². The predicted octanol–water partition coefficient (Wildman–Crippen LogP) is 2.41. The third kappa shape index (κ3) is 4.82. The van der Waals surface area contributed by atoms with Crippen molar-refractivity contribution >= 4 is 34.7 Å². The lowest BCUT2D eigenvalue weighted by atomic mass is 10.0. The van der Waals surface area contributed by atoms with Gasteiger partial charge in [-0.25, -0.2) is 23.4 Å². The van der Waals surface area contributed by atoms with Gasteiger partial charge in [-0.15, -0.1) is 5.10 Å². The number of rotatable bonds is 9. The molecule has 204 valence electrons. The number of hydrogen-bond donors (Lipinski definition) is 3. The Morgan fingerprint density at radius 1 is 1.18 bits per heavy atom. The van der Waals surface area contributed by atoms with Gasteiger partial charge in [0.2, 0.25) is 5.91 Å². The number of hydrogen-bond acceptors (Lipinski definition) is 9. The van der Waals surface area contributed by atoms with Crippen LogP contribution in [-0.4, -0.2) is 78.7 Å². The van der Waals surface area contributed by atoms with Crippen molar-refractivity contribution in [3.8, 4) is 0 Å². The van der Waals surface area contributed by atoms with Gasteiger partial charge in [-0.2, -0.15) is 0 Å². The number of nitrogens with one attached hydrogen (secondary N) is 1. The summed E-state index contributed by atoms with van der Waals surface area (Å²) in [5, 5.41) is 33.3. The molecule has 6 unspecified atom stereocenters. The first-order valence-electron chi connectivity index (χ1n) is 12.8. The second kappa shape index (κ2) is 10.7. The standard InChI is InChI=1S/C25H31F2N7O3S/c1-4-8-38-25-29-22(33(3)17-10-13(17)12-6-7-15(26)16(27)9-12)19-23(30-25)34(32-31-19)18-11-14(20(35)21(18)36)24(37)28-5-2/h6-7,9,13-14,17-18,20-21,35-36H,4-5,8,10-11H2,1-3H3,(H,28,37). The van der Waals surface area contributed by atoms with E-state index in [0.717, 1.165) is 30.2 Å². The molecule has 0 bridgehead atoms. The fourth-order valence-electron chi connectivity index (χ4n) is 5.21. The van der Waals surface area contributed by atoms with Crippen LogP contribution in [0.4, 0.5) is 14.6 Å². The summed E-state index contributed by atoms with van der Waals surface area (Å²) in [5.74, 6) is -1.51. The third-order valence-corrected chi connectivity index (χ3v) is 8.39. The molecule has 0 spiro atoms. The second-order valence-corrected chi connectivity index (χ2v) is 10.9. The SMILES string of the molecule is CCCSc1nc(N(C)C2CC2c2ccc(F)c(F)c2)c2nnn(C3CC(C(=O)NCC)C(O)C3O)c2n1. The van der Waals surface area contributed by atoms with E-state index < -0.39 is 35.8 Å². The number of aliphatic hydroxyl groups excluding tert-OH is 2. The van der Waals surface area contributed by atoms with Gasteiger partial charge in [0.15, 0.2) is 33.8 Å². The Kier molecular flexibility index (Phi) is 7.51. The van der Waals surface area contributed by atoms with Crippen LogP contribution in [0.1, 0.15) is 50.6 Å². The highest BCUT2D eigenvalue weighted by molar-refractivity contribution is 7.99. The number of anilines is 1. The summed E-state index contributed by atoms with van der Waals surface area (Å²) in [6.07, 6.45) is -0.638. The number of likely N-dealkylation sites (N-methyl/N-ethyl adjacent to an activating group) is 1. The molecule has 2 fully saturated rings. The molecule has 1 amide bonds. The van der Waals surface area contributed by atoms with Crippen LogP contribution in [0.3, 0.4) is 0 Å². The van der Waals surface area contributed by atoms with Gasteiger partial charge in [-0.1, -0.05) is 30.0 Å². The average Bonchev–Trinajstić information content (AvgIpc) is 3.51. The van der Waals surface area contributed by atoms with Crippen molar-refractivity contribution in [1.29, 1.82) is 0 Å². The summed E-state index contributed by atoms with van der Waals surface area (Å²) >= 11 is 1.48. The van der Waals surface area contributed by atoms with Gasteiger partial charge >= 0.3 is 0 Å². The molecule has 1 aromatic carbocycles. The molecule has 2 saturated carbocycles. The van der Waals surface area contributed by atoms with Gasteiger partial charge in [0.1, 0.15) is 6.10 Å². The number of aliphatic hydroxyl groups is 2. The zero-order valence-electron chi connectivity index (χ0n) is 21.4. The topological polar surface area (TPSA) is 129 Å². The Bertz CT molecular complexity index is 1340. The van der Waals surface area contributed by atoms with Gasteiger partial charge in [-0.05, 0) is 43.9 Å². The van der Waals surface area contributed by atoms with Crippen molar-refractivity contribution < 1.29 is 23.8 Å². The lowest BCUT2D eigenvalue weighted by Gasteiger charge is -2.20. The summed E-state index contributed by atoms with van der Waals surface area (Å²) in [7, 11) is 1.87. The first-order chi connectivity index (χ1) is 18.2. The number of carbonyl (C=O) groups excluding carboxylic acids is 1. The number of carbonyl (C=O) groups is 1. The van der Waals surface area contributed by atoms with Crippen molar-refractivity contribution in [2.45, 2.75) is 68.5 Å². The maximum absolute atomic E-state index is 13.8. The summed E-state index contributed by atoms with van der Waals surface area (Å²) in [6.45, 7) is 4.26. The molecular formula is C25H31F2N7O3S. The van der Waals surface area contributed by atoms with Crippen LogP contribution < -0.4 is 10.2 Å². The highest BCUT2D eigenvalue weighted by Crippen LogP contribution is 2.47. The Labute approximate surface area is 222 Å². The molecule has 0 aliphatic heterocycles. The van der Waals surface area contributed by atoms with E-state index in [1.807, 2.05) is 11.9 Å². The van der Waals surface area contributed by atoms with Crippen LogP contribution in [-0.2, 0) is 4.79 Å². The van der Waals surface area contributed by atoms with Crippen molar-refractivity contribution in [3.63, 3.8) is 0 Å². The quantitative estimate of drug-likeness (QED) is 0.273. The Morgan fingerprint density at radius 2 is 1.97 bits per heavy atom. The van der Waals surface area contributed by atoms with Crippen LogP contribution >= 0.6 is 11.8 Å². The minimum atomic E-state index is -1.24. The number of thioether (sulfide) groups is 1. The first kappa shape index (κ1) is 26.7. The molecule has 2 aliphatic carbocycles. The number of amides is 1. The number of benzene rings is 1. The minimum absolute atomic E-state index is 0.00606. The molecule has 2 heterocycles. The monoisotopic (exact) mass is 547 g/mol. The number of fused-ring (bicyclic) bond motifs is 1. The molecule has 5 rings (SSSR count). The molecule has 0 radical (unpaired) electrons. The Balaban J connectivity index is 1.48. The van der Waals surface area contributed by atoms with Crippen molar-refractivity contribution in [1.82, 2.24) is 30.3 Å². The minimum Gasteiger partial charge on any atom is -0.390 e. The van der Waals surface area contributed by atoms with Gasteiger partial charge in [0.05, 0.1) is 18.1 Å². The predicted molar refractivity (Wildman–Crippen MR) is 138 cm³/mol. The van der Waals surface area contributed by atoms with Crippen molar-refractivity contribution in [2.75, 3.05) is 24.2 Å². The van der Waals surface area contributed by atoms with Crippen LogP contribution in [0.15, 0.2) is 23.4 Å². The van der Waals surface area contributed by atoms with E-state index in [-0.39, 0.29) is 24.3 Å². The van der Waals surface area contributed by atoms with E-state index in [2.05, 4.69) is 27.5 Å².